The Morgan fingerprint density at radius 3 is 2.74 bits per heavy atom. The van der Waals surface area contributed by atoms with E-state index >= 15 is 0 Å². The molecular formula is C17H22N4O2. The second-order valence-electron chi connectivity index (χ2n) is 5.33. The standard InChI is InChI=1S/C17H22N4O2/c1-3-14-7-4-5-8-15(14)19-16(22)13-20(2)17(23)9-12-21-11-6-10-18-21/h4-8,10-11H,3,9,12-13H2,1-2H3,(H,19,22). The van der Waals surface area contributed by atoms with Crippen molar-refractivity contribution in [3.63, 3.8) is 0 Å². The van der Waals surface area contributed by atoms with Gasteiger partial charge in [-0.1, -0.05) is 25.1 Å². The second-order valence-corrected chi connectivity index (χ2v) is 5.33. The SMILES string of the molecule is CCc1ccccc1NC(=O)CN(C)C(=O)CCn1cccn1. The van der Waals surface area contributed by atoms with Crippen molar-refractivity contribution >= 4 is 17.5 Å². The summed E-state index contributed by atoms with van der Waals surface area (Å²) in [5.74, 6) is -0.278. The zero-order chi connectivity index (χ0) is 16.7. The lowest BCUT2D eigenvalue weighted by Gasteiger charge is -2.17. The summed E-state index contributed by atoms with van der Waals surface area (Å²) >= 11 is 0. The Balaban J connectivity index is 1.82. The molecule has 0 aliphatic heterocycles. The Hall–Kier alpha value is -2.63. The van der Waals surface area contributed by atoms with Gasteiger partial charge in [-0.2, -0.15) is 5.10 Å². The van der Waals surface area contributed by atoms with E-state index in [1.807, 2.05) is 43.5 Å². The van der Waals surface area contributed by atoms with Gasteiger partial charge in [-0.25, -0.2) is 0 Å². The molecule has 0 saturated carbocycles. The van der Waals surface area contributed by atoms with Gasteiger partial charge in [0.15, 0.2) is 0 Å². The molecule has 0 saturated heterocycles. The molecule has 0 fully saturated rings. The van der Waals surface area contributed by atoms with Crippen LogP contribution in [0.25, 0.3) is 0 Å². The largest absolute Gasteiger partial charge is 0.336 e. The fourth-order valence-corrected chi connectivity index (χ4v) is 2.28. The Labute approximate surface area is 136 Å². The van der Waals surface area contributed by atoms with Crippen molar-refractivity contribution in [2.75, 3.05) is 18.9 Å². The topological polar surface area (TPSA) is 67.2 Å². The van der Waals surface area contributed by atoms with Crippen LogP contribution in [0.3, 0.4) is 0 Å². The summed E-state index contributed by atoms with van der Waals surface area (Å²) in [6.07, 6.45) is 4.64. The molecule has 23 heavy (non-hydrogen) atoms. The maximum Gasteiger partial charge on any atom is 0.243 e. The van der Waals surface area contributed by atoms with Crippen LogP contribution in [0.2, 0.25) is 0 Å². The third kappa shape index (κ3) is 4.95. The first kappa shape index (κ1) is 16.7. The van der Waals surface area contributed by atoms with Gasteiger partial charge in [-0.05, 0) is 24.1 Å². The molecule has 122 valence electrons. The van der Waals surface area contributed by atoms with Crippen molar-refractivity contribution in [1.29, 1.82) is 0 Å². The third-order valence-electron chi connectivity index (χ3n) is 3.59. The summed E-state index contributed by atoms with van der Waals surface area (Å²) in [5.41, 5.74) is 1.88. The Kier molecular flexibility index (Phi) is 5.91. The van der Waals surface area contributed by atoms with Crippen LogP contribution < -0.4 is 5.32 Å². The number of para-hydroxylation sites is 1. The van der Waals surface area contributed by atoms with Crippen molar-refractivity contribution in [3.05, 3.63) is 48.3 Å². The zero-order valence-corrected chi connectivity index (χ0v) is 13.5. The molecule has 0 aliphatic rings. The molecule has 0 atom stereocenters. The molecule has 6 heteroatoms. The van der Waals surface area contributed by atoms with Gasteiger partial charge in [0, 0.05) is 38.1 Å². The molecule has 2 rings (SSSR count). The number of amides is 2. The van der Waals surface area contributed by atoms with E-state index in [0.717, 1.165) is 17.7 Å². The maximum atomic E-state index is 12.1. The molecule has 1 aromatic carbocycles. The Bertz CT molecular complexity index is 652. The van der Waals surface area contributed by atoms with E-state index in [1.165, 1.54) is 4.90 Å². The third-order valence-corrected chi connectivity index (χ3v) is 3.59. The molecule has 1 aromatic heterocycles. The van der Waals surface area contributed by atoms with Crippen LogP contribution in [0.15, 0.2) is 42.7 Å². The van der Waals surface area contributed by atoms with Gasteiger partial charge < -0.3 is 10.2 Å². The number of aryl methyl sites for hydroxylation is 2. The van der Waals surface area contributed by atoms with E-state index in [0.29, 0.717) is 13.0 Å². The fraction of sp³-hybridized carbons (Fsp3) is 0.353. The van der Waals surface area contributed by atoms with Gasteiger partial charge in [0.1, 0.15) is 0 Å². The van der Waals surface area contributed by atoms with Crippen LogP contribution in [-0.2, 0) is 22.6 Å². The van der Waals surface area contributed by atoms with E-state index in [2.05, 4.69) is 10.4 Å². The smallest absolute Gasteiger partial charge is 0.243 e. The molecule has 0 unspecified atom stereocenters. The lowest BCUT2D eigenvalue weighted by atomic mass is 10.1. The number of hydrogen-bond acceptors (Lipinski definition) is 3. The normalized spacial score (nSPS) is 10.3. The monoisotopic (exact) mass is 314 g/mol. The Morgan fingerprint density at radius 1 is 1.26 bits per heavy atom. The highest BCUT2D eigenvalue weighted by Gasteiger charge is 2.14. The van der Waals surface area contributed by atoms with Gasteiger partial charge >= 0.3 is 0 Å². The summed E-state index contributed by atoms with van der Waals surface area (Å²) in [6, 6.07) is 9.49. The van der Waals surface area contributed by atoms with Crippen molar-refractivity contribution in [2.24, 2.45) is 0 Å². The summed E-state index contributed by atoms with van der Waals surface area (Å²) in [7, 11) is 1.64. The number of carbonyl (C=O) groups excluding carboxylic acids is 2. The predicted octanol–water partition coefficient (Wildman–Crippen LogP) is 1.93. The molecule has 0 radical (unpaired) electrons. The number of anilines is 1. The minimum absolute atomic E-state index is 0.0377. The van der Waals surface area contributed by atoms with Crippen LogP contribution in [0.5, 0.6) is 0 Å². The van der Waals surface area contributed by atoms with Crippen LogP contribution in [0.4, 0.5) is 5.69 Å². The Morgan fingerprint density at radius 2 is 2.04 bits per heavy atom. The second kappa shape index (κ2) is 8.12. The molecular weight excluding hydrogens is 292 g/mol. The lowest BCUT2D eigenvalue weighted by molar-refractivity contribution is -0.133. The molecule has 2 aromatic rings. The highest BCUT2D eigenvalue weighted by molar-refractivity contribution is 5.95. The van der Waals surface area contributed by atoms with Gasteiger partial charge in [0.2, 0.25) is 11.8 Å². The van der Waals surface area contributed by atoms with E-state index in [1.54, 1.807) is 17.9 Å². The number of likely N-dealkylation sites (N-methyl/N-ethyl adjacent to an activating group) is 1. The molecule has 1 N–H and O–H groups in total. The van der Waals surface area contributed by atoms with E-state index < -0.39 is 0 Å². The van der Waals surface area contributed by atoms with Crippen molar-refractivity contribution in [2.45, 2.75) is 26.3 Å². The van der Waals surface area contributed by atoms with E-state index in [-0.39, 0.29) is 18.4 Å². The van der Waals surface area contributed by atoms with Gasteiger partial charge in [0.25, 0.3) is 0 Å². The van der Waals surface area contributed by atoms with Crippen molar-refractivity contribution in [3.8, 4) is 0 Å². The average molecular weight is 314 g/mol. The van der Waals surface area contributed by atoms with Crippen molar-refractivity contribution in [1.82, 2.24) is 14.7 Å². The molecule has 0 aliphatic carbocycles. The van der Waals surface area contributed by atoms with Gasteiger partial charge in [-0.15, -0.1) is 0 Å². The number of carbonyl (C=O) groups is 2. The number of rotatable bonds is 7. The average Bonchev–Trinajstić information content (AvgIpc) is 3.06. The highest BCUT2D eigenvalue weighted by Crippen LogP contribution is 2.15. The summed E-state index contributed by atoms with van der Waals surface area (Å²) < 4.78 is 1.70. The number of nitrogens with one attached hydrogen (secondary N) is 1. The minimum atomic E-state index is -0.194. The van der Waals surface area contributed by atoms with E-state index in [9.17, 15) is 9.59 Å². The predicted molar refractivity (Wildman–Crippen MR) is 88.9 cm³/mol. The van der Waals surface area contributed by atoms with Gasteiger partial charge in [0.05, 0.1) is 6.54 Å². The van der Waals surface area contributed by atoms with Crippen molar-refractivity contribution < 1.29 is 9.59 Å². The molecule has 0 spiro atoms. The molecule has 6 nitrogen and oxygen atoms in total. The molecule has 2 amide bonds. The van der Waals surface area contributed by atoms with Crippen LogP contribution in [0, 0.1) is 0 Å². The van der Waals surface area contributed by atoms with Gasteiger partial charge in [-0.3, -0.25) is 14.3 Å². The first-order chi connectivity index (χ1) is 11.1. The maximum absolute atomic E-state index is 12.1. The highest BCUT2D eigenvalue weighted by atomic mass is 16.2. The summed E-state index contributed by atoms with van der Waals surface area (Å²) in [5, 5.41) is 6.92. The number of aromatic nitrogens is 2. The number of hydrogen-bond donors (Lipinski definition) is 1. The number of benzene rings is 1. The van der Waals surface area contributed by atoms with E-state index in [4.69, 9.17) is 0 Å². The fourth-order valence-electron chi connectivity index (χ4n) is 2.28. The van der Waals surface area contributed by atoms with Crippen LogP contribution in [-0.4, -0.2) is 40.1 Å². The van der Waals surface area contributed by atoms with Crippen LogP contribution >= 0.6 is 0 Å². The molecule has 1 heterocycles. The lowest BCUT2D eigenvalue weighted by Crippen LogP contribution is -2.35. The number of nitrogens with zero attached hydrogens (tertiary/aromatic N) is 3. The van der Waals surface area contributed by atoms with Crippen LogP contribution in [0.1, 0.15) is 18.9 Å². The summed E-state index contributed by atoms with van der Waals surface area (Å²) in [4.78, 5) is 25.6. The first-order valence-electron chi connectivity index (χ1n) is 7.69. The minimum Gasteiger partial charge on any atom is -0.336 e. The summed E-state index contributed by atoms with van der Waals surface area (Å²) in [6.45, 7) is 2.59. The quantitative estimate of drug-likeness (QED) is 0.849. The molecule has 0 bridgehead atoms. The zero-order valence-electron chi connectivity index (χ0n) is 13.5. The first-order valence-corrected chi connectivity index (χ1v) is 7.69.